The van der Waals surface area contributed by atoms with Gasteiger partial charge < -0.3 is 9.47 Å². The van der Waals surface area contributed by atoms with Gasteiger partial charge in [0.15, 0.2) is 11.0 Å². The van der Waals surface area contributed by atoms with Crippen LogP contribution in [0, 0.1) is 17.0 Å². The monoisotopic (exact) mass is 441 g/mol. The fraction of sp³-hybridized carbons (Fsp3) is 0.435. The van der Waals surface area contributed by atoms with Crippen molar-refractivity contribution in [1.82, 2.24) is 24.6 Å². The van der Waals surface area contributed by atoms with Crippen molar-refractivity contribution in [2.45, 2.75) is 30.3 Å². The topological polar surface area (TPSA) is 46.8 Å². The molecule has 0 amide bonds. The van der Waals surface area contributed by atoms with Crippen molar-refractivity contribution in [2.75, 3.05) is 25.4 Å². The Bertz CT molecular complexity index is 1070. The van der Waals surface area contributed by atoms with E-state index in [-0.39, 0.29) is 11.3 Å². The Morgan fingerprint density at radius 1 is 1.23 bits per heavy atom. The van der Waals surface area contributed by atoms with E-state index in [0.29, 0.717) is 5.56 Å². The summed E-state index contributed by atoms with van der Waals surface area (Å²) in [4.78, 5) is 6.64. The van der Waals surface area contributed by atoms with E-state index < -0.39 is 11.6 Å². The molecule has 3 aromatic rings. The minimum atomic E-state index is -0.503. The van der Waals surface area contributed by atoms with Crippen LogP contribution in [0.5, 0.6) is 0 Å². The predicted molar refractivity (Wildman–Crippen MR) is 117 cm³/mol. The lowest BCUT2D eigenvalue weighted by Crippen LogP contribution is -2.23. The third-order valence-electron chi connectivity index (χ3n) is 6.60. The number of aromatic nitrogens is 4. The number of likely N-dealkylation sites (tertiary alicyclic amines) is 1. The molecule has 2 atom stereocenters. The zero-order chi connectivity index (χ0) is 21.4. The molecule has 0 N–H and O–H groups in total. The molecule has 2 aromatic heterocycles. The molecule has 1 spiro atoms. The quantitative estimate of drug-likeness (QED) is 0.399. The largest absolute Gasteiger partial charge is 0.305 e. The van der Waals surface area contributed by atoms with E-state index in [0.717, 1.165) is 67.3 Å². The molecule has 5 rings (SSSR count). The van der Waals surface area contributed by atoms with E-state index in [2.05, 4.69) is 20.1 Å². The van der Waals surface area contributed by atoms with Crippen molar-refractivity contribution >= 4 is 11.8 Å². The Hall–Kier alpha value is -2.32. The summed E-state index contributed by atoms with van der Waals surface area (Å²) in [5.41, 5.74) is 1.84. The lowest BCUT2D eigenvalue weighted by atomic mass is 9.98. The molecule has 0 radical (unpaired) electrons. The van der Waals surface area contributed by atoms with Gasteiger partial charge in [0.1, 0.15) is 11.6 Å². The first-order valence-electron chi connectivity index (χ1n) is 10.7. The van der Waals surface area contributed by atoms with E-state index in [1.54, 1.807) is 30.2 Å². The Kier molecular flexibility index (Phi) is 5.52. The summed E-state index contributed by atoms with van der Waals surface area (Å²) in [6, 6.07) is 7.90. The molecule has 1 saturated heterocycles. The van der Waals surface area contributed by atoms with Crippen LogP contribution in [0.25, 0.3) is 11.4 Å². The molecule has 3 heterocycles. The molecular formula is C23H25F2N5S. The summed E-state index contributed by atoms with van der Waals surface area (Å²) < 4.78 is 29.4. The third kappa shape index (κ3) is 4.11. The first kappa shape index (κ1) is 20.6. The minimum Gasteiger partial charge on any atom is -0.305 e. The van der Waals surface area contributed by atoms with Gasteiger partial charge in [0.05, 0.1) is 0 Å². The van der Waals surface area contributed by atoms with Crippen LogP contribution in [0.2, 0.25) is 0 Å². The number of nitrogens with zero attached hydrogens (tertiary/aromatic N) is 5. The van der Waals surface area contributed by atoms with E-state index in [1.807, 2.05) is 23.7 Å². The number of benzene rings is 1. The Morgan fingerprint density at radius 2 is 2.13 bits per heavy atom. The second-order valence-electron chi connectivity index (χ2n) is 8.62. The predicted octanol–water partition coefficient (Wildman–Crippen LogP) is 4.52. The van der Waals surface area contributed by atoms with E-state index >= 15 is 0 Å². The van der Waals surface area contributed by atoms with E-state index in [4.69, 9.17) is 0 Å². The number of pyridine rings is 1. The molecule has 5 nitrogen and oxygen atoms in total. The highest BCUT2D eigenvalue weighted by Gasteiger charge is 2.58. The molecule has 8 heteroatoms. The maximum Gasteiger partial charge on any atom is 0.191 e. The second kappa shape index (κ2) is 8.31. The highest BCUT2D eigenvalue weighted by molar-refractivity contribution is 7.99. The molecule has 1 aliphatic carbocycles. The SMILES string of the molecule is Cn1c(SCCCN2CCC3(C[C@@H]3c3ccc(F)cc3F)C2)nnc1-c1cccnc1. The number of hydrogen-bond donors (Lipinski definition) is 0. The van der Waals surface area contributed by atoms with Crippen LogP contribution >= 0.6 is 11.8 Å². The molecule has 2 fully saturated rings. The van der Waals surface area contributed by atoms with Gasteiger partial charge in [0, 0.05) is 43.4 Å². The van der Waals surface area contributed by atoms with Crippen molar-refractivity contribution < 1.29 is 8.78 Å². The van der Waals surface area contributed by atoms with Gasteiger partial charge in [0.25, 0.3) is 0 Å². The Balaban J connectivity index is 1.10. The average Bonchev–Trinajstić information content (AvgIpc) is 3.10. The molecule has 31 heavy (non-hydrogen) atoms. The highest BCUT2D eigenvalue weighted by atomic mass is 32.2. The molecule has 1 aliphatic heterocycles. The first-order valence-corrected chi connectivity index (χ1v) is 11.6. The lowest BCUT2D eigenvalue weighted by molar-refractivity contribution is 0.319. The van der Waals surface area contributed by atoms with Crippen molar-refractivity contribution in [3.63, 3.8) is 0 Å². The standard InChI is InChI=1S/C23H25F2N5S/c1-29-21(16-4-2-8-26-14-16)27-28-22(29)31-11-3-9-30-10-7-23(15-30)13-19(23)18-6-5-17(24)12-20(18)25/h2,4-6,8,12,14,19H,3,7,9-11,13,15H2,1H3/t19-,23?/m1/s1. The van der Waals surface area contributed by atoms with Crippen molar-refractivity contribution in [3.05, 3.63) is 59.9 Å². The van der Waals surface area contributed by atoms with Gasteiger partial charge in [-0.2, -0.15) is 0 Å². The van der Waals surface area contributed by atoms with Gasteiger partial charge in [-0.05, 0) is 67.4 Å². The van der Waals surface area contributed by atoms with E-state index in [1.165, 1.54) is 6.07 Å². The van der Waals surface area contributed by atoms with Crippen LogP contribution in [0.15, 0.2) is 47.9 Å². The second-order valence-corrected chi connectivity index (χ2v) is 9.68. The van der Waals surface area contributed by atoms with Crippen LogP contribution in [0.4, 0.5) is 8.78 Å². The molecular weight excluding hydrogens is 416 g/mol. The third-order valence-corrected chi connectivity index (χ3v) is 7.70. The highest BCUT2D eigenvalue weighted by Crippen LogP contribution is 2.64. The van der Waals surface area contributed by atoms with Gasteiger partial charge in [-0.3, -0.25) is 4.98 Å². The number of rotatable bonds is 7. The zero-order valence-corrected chi connectivity index (χ0v) is 18.3. The summed E-state index contributed by atoms with van der Waals surface area (Å²) >= 11 is 1.72. The first-order chi connectivity index (χ1) is 15.1. The summed E-state index contributed by atoms with van der Waals surface area (Å²) in [5, 5.41) is 9.54. The molecule has 1 saturated carbocycles. The Morgan fingerprint density at radius 3 is 2.94 bits per heavy atom. The summed E-state index contributed by atoms with van der Waals surface area (Å²) in [6.45, 7) is 3.09. The van der Waals surface area contributed by atoms with Crippen LogP contribution in [0.1, 0.15) is 30.7 Å². The fourth-order valence-electron chi connectivity index (χ4n) is 4.84. The fourth-order valence-corrected chi connectivity index (χ4v) is 5.67. The van der Waals surface area contributed by atoms with Crippen molar-refractivity contribution in [3.8, 4) is 11.4 Å². The molecule has 2 aliphatic rings. The van der Waals surface area contributed by atoms with Gasteiger partial charge in [-0.1, -0.05) is 17.8 Å². The van der Waals surface area contributed by atoms with Crippen LogP contribution in [-0.2, 0) is 7.05 Å². The maximum atomic E-state index is 14.2. The normalized spacial score (nSPS) is 23.0. The molecule has 0 bridgehead atoms. The van der Waals surface area contributed by atoms with Crippen LogP contribution < -0.4 is 0 Å². The molecule has 162 valence electrons. The van der Waals surface area contributed by atoms with Gasteiger partial charge in [-0.15, -0.1) is 10.2 Å². The van der Waals surface area contributed by atoms with E-state index in [9.17, 15) is 8.78 Å². The lowest BCUT2D eigenvalue weighted by Gasteiger charge is -2.16. The van der Waals surface area contributed by atoms with Crippen molar-refractivity contribution in [1.29, 1.82) is 0 Å². The van der Waals surface area contributed by atoms with Crippen LogP contribution in [-0.4, -0.2) is 50.0 Å². The Labute approximate surface area is 184 Å². The molecule has 1 aromatic carbocycles. The number of hydrogen-bond acceptors (Lipinski definition) is 5. The summed E-state index contributed by atoms with van der Waals surface area (Å²) in [7, 11) is 1.98. The summed E-state index contributed by atoms with van der Waals surface area (Å²) in [5.74, 6) is 1.13. The number of halogens is 2. The number of thioether (sulfide) groups is 1. The van der Waals surface area contributed by atoms with Crippen LogP contribution in [0.3, 0.4) is 0 Å². The molecule has 1 unspecified atom stereocenters. The summed E-state index contributed by atoms with van der Waals surface area (Å²) in [6.07, 6.45) is 6.71. The zero-order valence-electron chi connectivity index (χ0n) is 17.5. The van der Waals surface area contributed by atoms with Crippen molar-refractivity contribution in [2.24, 2.45) is 12.5 Å². The average molecular weight is 442 g/mol. The maximum absolute atomic E-state index is 14.2. The van der Waals surface area contributed by atoms with Gasteiger partial charge >= 0.3 is 0 Å². The van der Waals surface area contributed by atoms with Gasteiger partial charge in [0.2, 0.25) is 0 Å². The minimum absolute atomic E-state index is 0.189. The van der Waals surface area contributed by atoms with Gasteiger partial charge in [-0.25, -0.2) is 8.78 Å². The smallest absolute Gasteiger partial charge is 0.191 e.